The highest BCUT2D eigenvalue weighted by Gasteiger charge is 2.27. The largest absolute Gasteiger partial charge is 0.466 e. The van der Waals surface area contributed by atoms with Crippen molar-refractivity contribution in [2.45, 2.75) is 77.9 Å². The lowest BCUT2D eigenvalue weighted by molar-refractivity contribution is 0.150. The molecule has 0 atom stereocenters. The molecule has 1 aromatic heterocycles. The van der Waals surface area contributed by atoms with Gasteiger partial charge < -0.3 is 20.0 Å². The van der Waals surface area contributed by atoms with Crippen LogP contribution in [-0.2, 0) is 6.54 Å². The molecule has 2 fully saturated rings. The first kappa shape index (κ1) is 21.5. The maximum absolute atomic E-state index is 5.60. The Kier molecular flexibility index (Phi) is 8.73. The zero-order chi connectivity index (χ0) is 17.6. The van der Waals surface area contributed by atoms with Crippen molar-refractivity contribution in [2.24, 2.45) is 4.99 Å². The molecular formula is C20H35IN4O. The maximum Gasteiger partial charge on any atom is 0.191 e. The van der Waals surface area contributed by atoms with Crippen LogP contribution in [0.15, 0.2) is 15.5 Å². The van der Waals surface area contributed by atoms with Crippen LogP contribution in [0.5, 0.6) is 0 Å². The Hall–Kier alpha value is -0.760. The fraction of sp³-hybridized carbons (Fsp3) is 0.750. The summed E-state index contributed by atoms with van der Waals surface area (Å²) in [4.78, 5) is 7.48. The molecule has 1 saturated carbocycles. The summed E-state index contributed by atoms with van der Waals surface area (Å²) in [5, 5.41) is 7.03. The molecule has 2 heterocycles. The van der Waals surface area contributed by atoms with Crippen molar-refractivity contribution in [1.29, 1.82) is 0 Å². The van der Waals surface area contributed by atoms with E-state index in [9.17, 15) is 0 Å². The van der Waals surface area contributed by atoms with E-state index in [4.69, 9.17) is 9.41 Å². The topological polar surface area (TPSA) is 52.8 Å². The summed E-state index contributed by atoms with van der Waals surface area (Å²) in [6.07, 6.45) is 8.09. The second-order valence-corrected chi connectivity index (χ2v) is 7.53. The first-order valence-corrected chi connectivity index (χ1v) is 10.0. The van der Waals surface area contributed by atoms with E-state index in [1.807, 2.05) is 13.8 Å². The molecule has 1 saturated heterocycles. The summed E-state index contributed by atoms with van der Waals surface area (Å²) < 4.78 is 5.60. The van der Waals surface area contributed by atoms with Gasteiger partial charge in [0, 0.05) is 37.3 Å². The minimum atomic E-state index is 0. The monoisotopic (exact) mass is 474 g/mol. The molecule has 0 bridgehead atoms. The number of piperidine rings is 1. The van der Waals surface area contributed by atoms with Gasteiger partial charge in [-0.2, -0.15) is 0 Å². The molecule has 0 amide bonds. The van der Waals surface area contributed by atoms with Gasteiger partial charge in [0.15, 0.2) is 5.96 Å². The van der Waals surface area contributed by atoms with Crippen LogP contribution in [0, 0.1) is 13.8 Å². The fourth-order valence-electron chi connectivity index (χ4n) is 4.20. The molecule has 1 aliphatic carbocycles. The molecular weight excluding hydrogens is 439 g/mol. The van der Waals surface area contributed by atoms with Crippen LogP contribution in [0.1, 0.15) is 62.5 Å². The van der Waals surface area contributed by atoms with Gasteiger partial charge in [0.2, 0.25) is 0 Å². The van der Waals surface area contributed by atoms with Gasteiger partial charge >= 0.3 is 0 Å². The smallest absolute Gasteiger partial charge is 0.191 e. The highest BCUT2D eigenvalue weighted by atomic mass is 127. The number of guanidine groups is 1. The van der Waals surface area contributed by atoms with Crippen molar-refractivity contribution in [1.82, 2.24) is 15.5 Å². The van der Waals surface area contributed by atoms with Crippen LogP contribution in [0.2, 0.25) is 0 Å². The molecule has 0 spiro atoms. The predicted octanol–water partition coefficient (Wildman–Crippen LogP) is 3.98. The number of aliphatic imine (C=N–C) groups is 1. The van der Waals surface area contributed by atoms with E-state index in [2.05, 4.69) is 28.5 Å². The van der Waals surface area contributed by atoms with Gasteiger partial charge in [-0.25, -0.2) is 4.99 Å². The summed E-state index contributed by atoms with van der Waals surface area (Å²) >= 11 is 0. The Bertz CT molecular complexity index is 572. The minimum Gasteiger partial charge on any atom is -0.466 e. The van der Waals surface area contributed by atoms with Crippen molar-refractivity contribution >= 4 is 29.9 Å². The molecule has 0 aromatic carbocycles. The van der Waals surface area contributed by atoms with Crippen LogP contribution in [0.3, 0.4) is 0 Å². The van der Waals surface area contributed by atoms with Gasteiger partial charge in [0.1, 0.15) is 11.5 Å². The summed E-state index contributed by atoms with van der Waals surface area (Å²) in [6, 6.07) is 3.47. The number of nitrogens with one attached hydrogen (secondary N) is 2. The molecule has 6 heteroatoms. The number of furan rings is 1. The third-order valence-corrected chi connectivity index (χ3v) is 5.61. The number of aryl methyl sites for hydroxylation is 2. The number of halogens is 1. The lowest BCUT2D eigenvalue weighted by Gasteiger charge is -2.36. The minimum absolute atomic E-state index is 0. The quantitative estimate of drug-likeness (QED) is 0.385. The molecule has 0 unspecified atom stereocenters. The summed E-state index contributed by atoms with van der Waals surface area (Å²) in [5.41, 5.74) is 1.17. The van der Waals surface area contributed by atoms with E-state index in [1.54, 1.807) is 0 Å². The zero-order valence-electron chi connectivity index (χ0n) is 16.5. The normalized spacial score (nSPS) is 20.2. The third-order valence-electron chi connectivity index (χ3n) is 5.61. The van der Waals surface area contributed by atoms with Gasteiger partial charge in [-0.15, -0.1) is 24.0 Å². The number of hydrogen-bond donors (Lipinski definition) is 2. The SMILES string of the molecule is CCNC(=NCc1cc(C)oc1C)NC1CCN(C2CCCC2)CC1.I. The van der Waals surface area contributed by atoms with E-state index in [-0.39, 0.29) is 24.0 Å². The average Bonchev–Trinajstić information content (AvgIpc) is 3.23. The molecule has 26 heavy (non-hydrogen) atoms. The molecule has 0 radical (unpaired) electrons. The molecule has 5 nitrogen and oxygen atoms in total. The number of rotatable bonds is 5. The first-order valence-electron chi connectivity index (χ1n) is 10.0. The highest BCUT2D eigenvalue weighted by Crippen LogP contribution is 2.26. The van der Waals surface area contributed by atoms with E-state index in [0.717, 1.165) is 30.1 Å². The van der Waals surface area contributed by atoms with E-state index >= 15 is 0 Å². The average molecular weight is 474 g/mol. The van der Waals surface area contributed by atoms with Crippen LogP contribution >= 0.6 is 24.0 Å². The Morgan fingerprint density at radius 1 is 1.19 bits per heavy atom. The molecule has 3 rings (SSSR count). The number of nitrogens with zero attached hydrogens (tertiary/aromatic N) is 2. The maximum atomic E-state index is 5.60. The van der Waals surface area contributed by atoms with Gasteiger partial charge in [-0.3, -0.25) is 0 Å². The lowest BCUT2D eigenvalue weighted by atomic mass is 10.0. The van der Waals surface area contributed by atoms with Gasteiger partial charge in [-0.05, 0) is 52.5 Å². The fourth-order valence-corrected chi connectivity index (χ4v) is 4.20. The van der Waals surface area contributed by atoms with Crippen molar-refractivity contribution in [3.8, 4) is 0 Å². The van der Waals surface area contributed by atoms with Crippen molar-refractivity contribution in [2.75, 3.05) is 19.6 Å². The molecule has 1 aliphatic heterocycles. The number of likely N-dealkylation sites (tertiary alicyclic amines) is 1. The van der Waals surface area contributed by atoms with Gasteiger partial charge in [0.25, 0.3) is 0 Å². The second kappa shape index (κ2) is 10.5. The van der Waals surface area contributed by atoms with Crippen LogP contribution in [0.25, 0.3) is 0 Å². The Labute approximate surface area is 175 Å². The van der Waals surface area contributed by atoms with E-state index in [0.29, 0.717) is 12.6 Å². The Balaban J connectivity index is 0.00000243. The van der Waals surface area contributed by atoms with Crippen molar-refractivity contribution in [3.63, 3.8) is 0 Å². The molecule has 2 aliphatic rings. The summed E-state index contributed by atoms with van der Waals surface area (Å²) in [6.45, 7) is 10.1. The predicted molar refractivity (Wildman–Crippen MR) is 118 cm³/mol. The lowest BCUT2D eigenvalue weighted by Crippen LogP contribution is -2.50. The van der Waals surface area contributed by atoms with E-state index in [1.165, 1.54) is 57.2 Å². The Morgan fingerprint density at radius 2 is 1.88 bits per heavy atom. The second-order valence-electron chi connectivity index (χ2n) is 7.53. The molecule has 1 aromatic rings. The Morgan fingerprint density at radius 3 is 2.46 bits per heavy atom. The number of hydrogen-bond acceptors (Lipinski definition) is 3. The van der Waals surface area contributed by atoms with Crippen LogP contribution in [-0.4, -0.2) is 42.6 Å². The standard InChI is InChI=1S/C20H34N4O.HI/c1-4-21-20(22-14-17-13-15(2)25-16(17)3)23-18-9-11-24(12-10-18)19-7-5-6-8-19;/h13,18-19H,4-12,14H2,1-3H3,(H2,21,22,23);1H. The zero-order valence-corrected chi connectivity index (χ0v) is 18.8. The summed E-state index contributed by atoms with van der Waals surface area (Å²) in [5.74, 6) is 2.86. The van der Waals surface area contributed by atoms with Crippen molar-refractivity contribution in [3.05, 3.63) is 23.2 Å². The van der Waals surface area contributed by atoms with Crippen LogP contribution < -0.4 is 10.6 Å². The van der Waals surface area contributed by atoms with Crippen molar-refractivity contribution < 1.29 is 4.42 Å². The summed E-state index contributed by atoms with van der Waals surface area (Å²) in [7, 11) is 0. The van der Waals surface area contributed by atoms with Gasteiger partial charge in [0.05, 0.1) is 6.54 Å². The first-order chi connectivity index (χ1) is 12.2. The van der Waals surface area contributed by atoms with Crippen LogP contribution in [0.4, 0.5) is 0 Å². The molecule has 2 N–H and O–H groups in total. The molecule has 148 valence electrons. The highest BCUT2D eigenvalue weighted by molar-refractivity contribution is 14.0. The van der Waals surface area contributed by atoms with Gasteiger partial charge in [-0.1, -0.05) is 12.8 Å². The van der Waals surface area contributed by atoms with E-state index < -0.39 is 0 Å². The third kappa shape index (κ3) is 5.87.